The van der Waals surface area contributed by atoms with Gasteiger partial charge in [0.25, 0.3) is 0 Å². The Kier molecular flexibility index (Phi) is 3.37. The van der Waals surface area contributed by atoms with Gasteiger partial charge in [-0.05, 0) is 35.9 Å². The van der Waals surface area contributed by atoms with Gasteiger partial charge in [0.2, 0.25) is 0 Å². The fourth-order valence-corrected chi connectivity index (χ4v) is 1.51. The lowest BCUT2D eigenvalue weighted by molar-refractivity contribution is 0.249. The number of halogens is 1. The van der Waals surface area contributed by atoms with Crippen molar-refractivity contribution in [3.05, 3.63) is 53.9 Å². The van der Waals surface area contributed by atoms with E-state index in [-0.39, 0.29) is 18.5 Å². The molecule has 0 amide bonds. The van der Waals surface area contributed by atoms with Gasteiger partial charge >= 0.3 is 0 Å². The van der Waals surface area contributed by atoms with Gasteiger partial charge in [-0.1, -0.05) is 12.1 Å². The summed E-state index contributed by atoms with van der Waals surface area (Å²) in [5.74, 6) is 0.512. The second-order valence-corrected chi connectivity index (χ2v) is 3.64. The summed E-state index contributed by atoms with van der Waals surface area (Å²) >= 11 is 0. The monoisotopic (exact) mass is 220 g/mol. The van der Waals surface area contributed by atoms with E-state index in [4.69, 9.17) is 9.84 Å². The molecule has 0 saturated carbocycles. The van der Waals surface area contributed by atoms with Crippen LogP contribution in [0.2, 0.25) is 0 Å². The van der Waals surface area contributed by atoms with Gasteiger partial charge in [-0.15, -0.1) is 0 Å². The van der Waals surface area contributed by atoms with Crippen LogP contribution >= 0.6 is 0 Å². The lowest BCUT2D eigenvalue weighted by atomic mass is 10.1. The van der Waals surface area contributed by atoms with Gasteiger partial charge in [0.05, 0.1) is 6.61 Å². The van der Waals surface area contributed by atoms with Crippen molar-refractivity contribution in [2.24, 2.45) is 0 Å². The van der Waals surface area contributed by atoms with Crippen LogP contribution in [0.1, 0.15) is 12.0 Å². The topological polar surface area (TPSA) is 29.5 Å². The zero-order valence-corrected chi connectivity index (χ0v) is 8.77. The maximum absolute atomic E-state index is 12.7. The molecule has 1 unspecified atom stereocenters. The van der Waals surface area contributed by atoms with Crippen molar-refractivity contribution in [3.8, 4) is 5.75 Å². The molecular formula is C13H13FO2. The van der Waals surface area contributed by atoms with E-state index in [1.165, 1.54) is 12.2 Å². The molecule has 3 heteroatoms. The summed E-state index contributed by atoms with van der Waals surface area (Å²) in [5.41, 5.74) is 0.845. The minimum Gasteiger partial charge on any atom is -0.486 e. The van der Waals surface area contributed by atoms with Gasteiger partial charge in [-0.2, -0.15) is 0 Å². The summed E-state index contributed by atoms with van der Waals surface area (Å²) < 4.78 is 18.3. The molecule has 1 aliphatic rings. The maximum Gasteiger partial charge on any atom is 0.121 e. The summed E-state index contributed by atoms with van der Waals surface area (Å²) in [7, 11) is 0. The van der Waals surface area contributed by atoms with Crippen molar-refractivity contribution in [3.63, 3.8) is 0 Å². The van der Waals surface area contributed by atoms with Crippen molar-refractivity contribution >= 4 is 0 Å². The maximum atomic E-state index is 12.7. The average molecular weight is 220 g/mol. The van der Waals surface area contributed by atoms with Crippen LogP contribution < -0.4 is 4.74 Å². The minimum atomic E-state index is -0.213. The number of benzene rings is 1. The predicted octanol–water partition coefficient (Wildman–Crippen LogP) is 2.74. The highest BCUT2D eigenvalue weighted by Gasteiger charge is 2.09. The number of aliphatic hydroxyl groups is 1. The number of allylic oxidation sites excluding steroid dienone is 2. The third kappa shape index (κ3) is 2.70. The highest BCUT2D eigenvalue weighted by Crippen LogP contribution is 2.19. The Labute approximate surface area is 93.7 Å². The summed E-state index contributed by atoms with van der Waals surface area (Å²) in [6, 6.07) is 7.21. The molecule has 0 fully saturated rings. The van der Waals surface area contributed by atoms with Crippen LogP contribution in [-0.2, 0) is 6.61 Å². The molecule has 84 valence electrons. The van der Waals surface area contributed by atoms with Crippen molar-refractivity contribution in [2.75, 3.05) is 0 Å². The standard InChI is InChI=1S/C13H13FO2/c14-11-3-7-13(8-4-11)16-12-5-1-10(9-15)2-6-12/h1-7,13,15H,8-9H2. The fraction of sp³-hybridized carbons (Fsp3) is 0.231. The summed E-state index contributed by atoms with van der Waals surface area (Å²) in [6.07, 6.45) is 5.06. The third-order valence-electron chi connectivity index (χ3n) is 2.41. The first-order valence-electron chi connectivity index (χ1n) is 5.18. The van der Waals surface area contributed by atoms with Crippen molar-refractivity contribution in [1.82, 2.24) is 0 Å². The molecule has 1 atom stereocenters. The summed E-state index contributed by atoms with van der Waals surface area (Å²) in [6.45, 7) is 0.0254. The quantitative estimate of drug-likeness (QED) is 0.848. The molecule has 2 rings (SSSR count). The van der Waals surface area contributed by atoms with E-state index in [1.54, 1.807) is 30.3 Å². The molecule has 2 nitrogen and oxygen atoms in total. The van der Waals surface area contributed by atoms with Gasteiger partial charge in [-0.25, -0.2) is 4.39 Å². The molecular weight excluding hydrogens is 207 g/mol. The lowest BCUT2D eigenvalue weighted by Crippen LogP contribution is -2.14. The zero-order chi connectivity index (χ0) is 11.4. The molecule has 0 heterocycles. The molecule has 0 saturated heterocycles. The Bertz CT molecular complexity index is 406. The molecule has 0 radical (unpaired) electrons. The number of rotatable bonds is 3. The highest BCUT2D eigenvalue weighted by molar-refractivity contribution is 5.28. The first-order valence-corrected chi connectivity index (χ1v) is 5.18. The van der Waals surface area contributed by atoms with Crippen LogP contribution in [0.25, 0.3) is 0 Å². The number of ether oxygens (including phenoxy) is 1. The Morgan fingerprint density at radius 2 is 2.06 bits per heavy atom. The lowest BCUT2D eigenvalue weighted by Gasteiger charge is -2.16. The van der Waals surface area contributed by atoms with Gasteiger partial charge in [-0.3, -0.25) is 0 Å². The first kappa shape index (κ1) is 10.9. The molecule has 0 aromatic heterocycles. The van der Waals surface area contributed by atoms with Crippen molar-refractivity contribution < 1.29 is 14.2 Å². The molecule has 0 aliphatic heterocycles. The van der Waals surface area contributed by atoms with Gasteiger partial charge < -0.3 is 9.84 Å². The van der Waals surface area contributed by atoms with Gasteiger partial charge in [0.15, 0.2) is 0 Å². The first-order chi connectivity index (χ1) is 7.78. The van der Waals surface area contributed by atoms with Crippen molar-refractivity contribution in [1.29, 1.82) is 0 Å². The van der Waals surface area contributed by atoms with Crippen molar-refractivity contribution in [2.45, 2.75) is 19.1 Å². The number of aliphatic hydroxyl groups excluding tert-OH is 1. The SMILES string of the molecule is OCc1ccc(OC2C=CC(F)=CC2)cc1. The number of hydrogen-bond donors (Lipinski definition) is 1. The van der Waals surface area contributed by atoms with Crippen LogP contribution in [0.5, 0.6) is 5.75 Å². The fourth-order valence-electron chi connectivity index (χ4n) is 1.51. The van der Waals surface area contributed by atoms with Crippen LogP contribution in [0.3, 0.4) is 0 Å². The molecule has 1 N–H and O–H groups in total. The third-order valence-corrected chi connectivity index (χ3v) is 2.41. The minimum absolute atomic E-state index is 0.0254. The van der Waals surface area contributed by atoms with Crippen LogP contribution in [0, 0.1) is 0 Å². The summed E-state index contributed by atoms with van der Waals surface area (Å²) in [5, 5.41) is 8.88. The molecule has 16 heavy (non-hydrogen) atoms. The molecule has 1 aliphatic carbocycles. The Hall–Kier alpha value is -1.61. The zero-order valence-electron chi connectivity index (χ0n) is 8.77. The van der Waals surface area contributed by atoms with Crippen LogP contribution in [-0.4, -0.2) is 11.2 Å². The van der Waals surface area contributed by atoms with E-state index >= 15 is 0 Å². The molecule has 1 aromatic carbocycles. The highest BCUT2D eigenvalue weighted by atomic mass is 19.1. The van der Waals surface area contributed by atoms with Crippen LogP contribution in [0.4, 0.5) is 4.39 Å². The van der Waals surface area contributed by atoms with Crippen LogP contribution in [0.15, 0.2) is 48.3 Å². The predicted molar refractivity (Wildman–Crippen MR) is 59.7 cm³/mol. The normalized spacial score (nSPS) is 19.4. The Morgan fingerprint density at radius 1 is 1.31 bits per heavy atom. The largest absolute Gasteiger partial charge is 0.486 e. The van der Waals surface area contributed by atoms with Gasteiger partial charge in [0, 0.05) is 6.42 Å². The van der Waals surface area contributed by atoms with E-state index in [0.717, 1.165) is 11.3 Å². The second-order valence-electron chi connectivity index (χ2n) is 3.64. The summed E-state index contributed by atoms with van der Waals surface area (Å²) in [4.78, 5) is 0. The average Bonchev–Trinajstić information content (AvgIpc) is 2.33. The number of hydrogen-bond acceptors (Lipinski definition) is 2. The van der Waals surface area contributed by atoms with E-state index in [1.807, 2.05) is 0 Å². The van der Waals surface area contributed by atoms with E-state index in [9.17, 15) is 4.39 Å². The van der Waals surface area contributed by atoms with E-state index in [0.29, 0.717) is 6.42 Å². The Morgan fingerprint density at radius 3 is 2.62 bits per heavy atom. The molecule has 0 bridgehead atoms. The van der Waals surface area contributed by atoms with E-state index < -0.39 is 0 Å². The smallest absolute Gasteiger partial charge is 0.121 e. The molecule has 0 spiro atoms. The van der Waals surface area contributed by atoms with Gasteiger partial charge in [0.1, 0.15) is 17.7 Å². The van der Waals surface area contributed by atoms with E-state index in [2.05, 4.69) is 0 Å². The Balaban J connectivity index is 1.97. The molecule has 1 aromatic rings. The second kappa shape index (κ2) is 4.94.